The predicted molar refractivity (Wildman–Crippen MR) is 116 cm³/mol. The van der Waals surface area contributed by atoms with Gasteiger partial charge in [0.25, 0.3) is 0 Å². The average Bonchev–Trinajstić information content (AvgIpc) is 2.70. The molecule has 1 unspecified atom stereocenters. The fourth-order valence-electron chi connectivity index (χ4n) is 4.09. The highest BCUT2D eigenvalue weighted by Crippen LogP contribution is 2.38. The fourth-order valence-corrected chi connectivity index (χ4v) is 4.09. The molecule has 152 valence electrons. The molecule has 0 bridgehead atoms. The van der Waals surface area contributed by atoms with Crippen molar-refractivity contribution in [3.8, 4) is 11.5 Å². The molecular weight excluding hydrogens is 348 g/mol. The standard InChI is InChI=1S/C24H34N2O2/c1-6-26(7-2)12-13-28-23-16-21-19(15-22(23)27-5)10-11-25-24(21)20-9-8-17(3)14-18(20)4/h8-9,14-16,24-25H,6-7,10-13H2,1-5H3. The Hall–Kier alpha value is -2.04. The minimum Gasteiger partial charge on any atom is -0.493 e. The molecule has 0 aromatic heterocycles. The van der Waals surface area contributed by atoms with Crippen LogP contribution >= 0.6 is 0 Å². The smallest absolute Gasteiger partial charge is 0.161 e. The van der Waals surface area contributed by atoms with E-state index < -0.39 is 0 Å². The van der Waals surface area contributed by atoms with Gasteiger partial charge >= 0.3 is 0 Å². The number of hydrogen-bond donors (Lipinski definition) is 1. The van der Waals surface area contributed by atoms with E-state index in [0.717, 1.165) is 44.1 Å². The second-order valence-corrected chi connectivity index (χ2v) is 7.57. The highest BCUT2D eigenvalue weighted by molar-refractivity contribution is 5.52. The van der Waals surface area contributed by atoms with Crippen molar-refractivity contribution in [1.82, 2.24) is 10.2 Å². The number of methoxy groups -OCH3 is 1. The molecule has 1 N–H and O–H groups in total. The zero-order valence-electron chi connectivity index (χ0n) is 18.0. The summed E-state index contributed by atoms with van der Waals surface area (Å²) < 4.78 is 11.8. The second-order valence-electron chi connectivity index (χ2n) is 7.57. The lowest BCUT2D eigenvalue weighted by molar-refractivity contribution is 0.217. The normalized spacial score (nSPS) is 16.1. The van der Waals surface area contributed by atoms with E-state index in [1.165, 1.54) is 27.8 Å². The van der Waals surface area contributed by atoms with E-state index in [1.807, 2.05) is 0 Å². The number of rotatable bonds is 8. The van der Waals surface area contributed by atoms with Crippen molar-refractivity contribution in [2.45, 2.75) is 40.2 Å². The van der Waals surface area contributed by atoms with Crippen LogP contribution in [0.25, 0.3) is 0 Å². The third-order valence-electron chi connectivity index (χ3n) is 5.78. The number of fused-ring (bicyclic) bond motifs is 1. The van der Waals surface area contributed by atoms with E-state index in [4.69, 9.17) is 9.47 Å². The molecule has 0 fully saturated rings. The molecule has 28 heavy (non-hydrogen) atoms. The molecule has 0 saturated carbocycles. The Balaban J connectivity index is 1.89. The first kappa shape index (κ1) is 20.7. The molecule has 3 rings (SSSR count). The van der Waals surface area contributed by atoms with Gasteiger partial charge in [0.05, 0.1) is 13.2 Å². The number of ether oxygens (including phenoxy) is 2. The zero-order valence-corrected chi connectivity index (χ0v) is 18.0. The Morgan fingerprint density at radius 3 is 2.50 bits per heavy atom. The van der Waals surface area contributed by atoms with Gasteiger partial charge in [-0.2, -0.15) is 0 Å². The Kier molecular flexibility index (Phi) is 6.97. The van der Waals surface area contributed by atoms with Gasteiger partial charge in [0.2, 0.25) is 0 Å². The highest BCUT2D eigenvalue weighted by atomic mass is 16.5. The SMILES string of the molecule is CCN(CC)CCOc1cc2c(cc1OC)CCNC2c1ccc(C)cc1C. The van der Waals surface area contributed by atoms with Crippen molar-refractivity contribution in [1.29, 1.82) is 0 Å². The van der Waals surface area contributed by atoms with Gasteiger partial charge in [-0.05, 0) is 67.7 Å². The molecule has 0 saturated heterocycles. The molecule has 0 spiro atoms. The van der Waals surface area contributed by atoms with Crippen LogP contribution in [0.2, 0.25) is 0 Å². The Morgan fingerprint density at radius 1 is 1.04 bits per heavy atom. The van der Waals surface area contributed by atoms with E-state index in [0.29, 0.717) is 6.61 Å². The minimum absolute atomic E-state index is 0.195. The first-order chi connectivity index (χ1) is 13.6. The van der Waals surface area contributed by atoms with Crippen molar-refractivity contribution >= 4 is 0 Å². The molecule has 1 aliphatic rings. The molecule has 1 atom stereocenters. The van der Waals surface area contributed by atoms with E-state index in [-0.39, 0.29) is 6.04 Å². The highest BCUT2D eigenvalue weighted by Gasteiger charge is 2.25. The Labute approximate surface area is 169 Å². The van der Waals surface area contributed by atoms with Crippen LogP contribution < -0.4 is 14.8 Å². The van der Waals surface area contributed by atoms with E-state index in [2.05, 4.69) is 68.2 Å². The lowest BCUT2D eigenvalue weighted by Crippen LogP contribution is -2.31. The topological polar surface area (TPSA) is 33.7 Å². The van der Waals surface area contributed by atoms with Crippen LogP contribution in [0.3, 0.4) is 0 Å². The van der Waals surface area contributed by atoms with Gasteiger partial charge in [0.15, 0.2) is 11.5 Å². The van der Waals surface area contributed by atoms with Crippen LogP contribution in [0.15, 0.2) is 30.3 Å². The van der Waals surface area contributed by atoms with Crippen LogP contribution in [-0.2, 0) is 6.42 Å². The lowest BCUT2D eigenvalue weighted by Gasteiger charge is -2.30. The summed E-state index contributed by atoms with van der Waals surface area (Å²) in [4.78, 5) is 2.37. The number of likely N-dealkylation sites (N-methyl/N-ethyl adjacent to an activating group) is 1. The fraction of sp³-hybridized carbons (Fsp3) is 0.500. The number of nitrogens with one attached hydrogen (secondary N) is 1. The van der Waals surface area contributed by atoms with E-state index >= 15 is 0 Å². The Morgan fingerprint density at radius 2 is 1.82 bits per heavy atom. The van der Waals surface area contributed by atoms with E-state index in [9.17, 15) is 0 Å². The largest absolute Gasteiger partial charge is 0.493 e. The summed E-state index contributed by atoms with van der Waals surface area (Å²) in [6.45, 7) is 13.3. The summed E-state index contributed by atoms with van der Waals surface area (Å²) >= 11 is 0. The maximum absolute atomic E-state index is 6.17. The van der Waals surface area contributed by atoms with Gasteiger partial charge in [-0.1, -0.05) is 37.6 Å². The summed E-state index contributed by atoms with van der Waals surface area (Å²) in [6, 6.07) is 11.3. The number of hydrogen-bond acceptors (Lipinski definition) is 4. The van der Waals surface area contributed by atoms with Crippen LogP contribution in [-0.4, -0.2) is 44.8 Å². The third kappa shape index (κ3) is 4.50. The van der Waals surface area contributed by atoms with Crippen molar-refractivity contribution in [3.05, 3.63) is 58.1 Å². The van der Waals surface area contributed by atoms with Crippen LogP contribution in [0.1, 0.15) is 47.7 Å². The molecule has 0 radical (unpaired) electrons. The molecule has 0 amide bonds. The molecule has 0 aliphatic carbocycles. The molecule has 4 heteroatoms. The molecule has 1 heterocycles. The number of aryl methyl sites for hydroxylation is 2. The van der Waals surface area contributed by atoms with Gasteiger partial charge in [-0.3, -0.25) is 0 Å². The summed E-state index contributed by atoms with van der Waals surface area (Å²) in [5.41, 5.74) is 6.61. The van der Waals surface area contributed by atoms with E-state index in [1.54, 1.807) is 7.11 Å². The molecule has 4 nitrogen and oxygen atoms in total. The summed E-state index contributed by atoms with van der Waals surface area (Å²) in [5.74, 6) is 1.67. The van der Waals surface area contributed by atoms with Crippen LogP contribution in [0.5, 0.6) is 11.5 Å². The predicted octanol–water partition coefficient (Wildman–Crippen LogP) is 4.27. The quantitative estimate of drug-likeness (QED) is 0.739. The zero-order chi connectivity index (χ0) is 20.1. The van der Waals surface area contributed by atoms with Gasteiger partial charge < -0.3 is 19.7 Å². The molecule has 2 aromatic rings. The maximum atomic E-state index is 6.17. The monoisotopic (exact) mass is 382 g/mol. The van der Waals surface area contributed by atoms with Gasteiger partial charge in [-0.15, -0.1) is 0 Å². The molecule has 1 aliphatic heterocycles. The van der Waals surface area contributed by atoms with Crippen molar-refractivity contribution in [2.24, 2.45) is 0 Å². The van der Waals surface area contributed by atoms with Crippen LogP contribution in [0.4, 0.5) is 0 Å². The van der Waals surface area contributed by atoms with Crippen molar-refractivity contribution < 1.29 is 9.47 Å². The molecular formula is C24H34N2O2. The third-order valence-corrected chi connectivity index (χ3v) is 5.78. The van der Waals surface area contributed by atoms with Crippen molar-refractivity contribution in [2.75, 3.05) is 39.9 Å². The summed E-state index contributed by atoms with van der Waals surface area (Å²) in [7, 11) is 1.72. The van der Waals surface area contributed by atoms with Crippen LogP contribution in [0, 0.1) is 13.8 Å². The Bertz CT molecular complexity index is 799. The lowest BCUT2D eigenvalue weighted by atomic mass is 9.87. The summed E-state index contributed by atoms with van der Waals surface area (Å²) in [6.07, 6.45) is 1.01. The first-order valence-electron chi connectivity index (χ1n) is 10.4. The summed E-state index contributed by atoms with van der Waals surface area (Å²) in [5, 5.41) is 3.70. The van der Waals surface area contributed by atoms with Gasteiger partial charge in [0, 0.05) is 13.1 Å². The first-order valence-corrected chi connectivity index (χ1v) is 10.4. The number of nitrogens with zero attached hydrogens (tertiary/aromatic N) is 1. The minimum atomic E-state index is 0.195. The van der Waals surface area contributed by atoms with Gasteiger partial charge in [0.1, 0.15) is 6.61 Å². The van der Waals surface area contributed by atoms with Crippen molar-refractivity contribution in [3.63, 3.8) is 0 Å². The molecule has 2 aromatic carbocycles. The van der Waals surface area contributed by atoms with Gasteiger partial charge in [-0.25, -0.2) is 0 Å². The number of benzene rings is 2. The maximum Gasteiger partial charge on any atom is 0.161 e. The second kappa shape index (κ2) is 9.44. The average molecular weight is 383 g/mol.